The van der Waals surface area contributed by atoms with Crippen LogP contribution in [0.4, 0.5) is 4.79 Å². The third kappa shape index (κ3) is 10.6. The van der Waals surface area contributed by atoms with Crippen molar-refractivity contribution in [2.24, 2.45) is 17.8 Å². The number of aromatic hydroxyl groups is 1. The predicted octanol–water partition coefficient (Wildman–Crippen LogP) is 6.48. The van der Waals surface area contributed by atoms with E-state index >= 15 is 0 Å². The Hall–Kier alpha value is -2.32. The molecular formula is C31H52N2O6. The number of unbranched alkanes of at least 4 members (excludes halogenated alkanes) is 1. The summed E-state index contributed by atoms with van der Waals surface area (Å²) < 4.78 is 10.1. The molecule has 0 saturated carbocycles. The van der Waals surface area contributed by atoms with E-state index in [-0.39, 0.29) is 23.1 Å². The van der Waals surface area contributed by atoms with E-state index in [0.29, 0.717) is 30.6 Å². The van der Waals surface area contributed by atoms with Crippen molar-refractivity contribution < 1.29 is 24.2 Å². The standard InChI is InChI=1S/C31H52N2O6/c1-7-8-13-24-14-11-16-33(5)25(18-21(2)17-24)19-23(4)29(35)28-26(34)20-27(39-30(28)36)22(3)12-9-10-15-32-31(37)38-6/h10,15,20-25,29,34-35H,7-9,11-14,16-19H2,1-6H3,(H,32,37)/b15-10+/t21?,22?,23?,24?,25-,29?/m1/s1. The molecular weight excluding hydrogens is 496 g/mol. The number of aliphatic hydroxyl groups is 1. The van der Waals surface area contributed by atoms with E-state index in [0.717, 1.165) is 25.3 Å². The SMILES string of the molecule is CCCCC1CCCN(C)[C@@H](CC(C)C(O)c2c(O)cc(C(C)CC/C=C/NC(=O)OC)oc2=O)CC(C)C1. The van der Waals surface area contributed by atoms with Gasteiger partial charge >= 0.3 is 11.7 Å². The van der Waals surface area contributed by atoms with Crippen molar-refractivity contribution in [3.63, 3.8) is 0 Å². The lowest BCUT2D eigenvalue weighted by Crippen LogP contribution is -2.36. The summed E-state index contributed by atoms with van der Waals surface area (Å²) in [5.41, 5.74) is -0.743. The van der Waals surface area contributed by atoms with Crippen LogP contribution in [-0.4, -0.2) is 48.0 Å². The van der Waals surface area contributed by atoms with E-state index in [1.54, 1.807) is 6.08 Å². The van der Waals surface area contributed by atoms with E-state index in [1.165, 1.54) is 57.9 Å². The minimum absolute atomic E-state index is 0.0565. The fourth-order valence-electron chi connectivity index (χ4n) is 5.89. The lowest BCUT2D eigenvalue weighted by molar-refractivity contribution is 0.0788. The highest BCUT2D eigenvalue weighted by Gasteiger charge is 2.30. The van der Waals surface area contributed by atoms with E-state index in [1.807, 2.05) is 13.8 Å². The molecule has 2 rings (SSSR count). The van der Waals surface area contributed by atoms with Crippen LogP contribution < -0.4 is 10.9 Å². The first kappa shape index (κ1) is 32.9. The van der Waals surface area contributed by atoms with Crippen LogP contribution in [0.5, 0.6) is 5.75 Å². The Morgan fingerprint density at radius 2 is 2.08 bits per heavy atom. The Balaban J connectivity index is 2.03. The van der Waals surface area contributed by atoms with Gasteiger partial charge in [-0.1, -0.05) is 53.0 Å². The number of aliphatic hydroxyl groups excluding tert-OH is 1. The minimum Gasteiger partial charge on any atom is -0.507 e. The van der Waals surface area contributed by atoms with E-state index in [2.05, 4.69) is 35.8 Å². The molecule has 0 radical (unpaired) electrons. The largest absolute Gasteiger partial charge is 0.507 e. The molecule has 222 valence electrons. The van der Waals surface area contributed by atoms with Crippen LogP contribution in [-0.2, 0) is 4.74 Å². The Morgan fingerprint density at radius 1 is 1.33 bits per heavy atom. The summed E-state index contributed by atoms with van der Waals surface area (Å²) in [6, 6.07) is 1.77. The Labute approximate surface area is 234 Å². The van der Waals surface area contributed by atoms with Gasteiger partial charge in [-0.3, -0.25) is 5.32 Å². The fourth-order valence-corrected chi connectivity index (χ4v) is 5.89. The summed E-state index contributed by atoms with van der Waals surface area (Å²) in [5, 5.41) is 24.4. The van der Waals surface area contributed by atoms with Crippen LogP contribution in [0.1, 0.15) is 115 Å². The zero-order chi connectivity index (χ0) is 28.9. The number of amides is 1. The molecule has 0 spiro atoms. The second-order valence-corrected chi connectivity index (χ2v) is 11.8. The maximum Gasteiger partial charge on any atom is 0.410 e. The number of ether oxygens (including phenoxy) is 1. The number of carbonyl (C=O) groups is 1. The average molecular weight is 549 g/mol. The zero-order valence-corrected chi connectivity index (χ0v) is 24.9. The number of hydrogen-bond acceptors (Lipinski definition) is 7. The van der Waals surface area contributed by atoms with Crippen molar-refractivity contribution in [1.82, 2.24) is 10.2 Å². The quantitative estimate of drug-likeness (QED) is 0.274. The number of nitrogens with one attached hydrogen (secondary N) is 1. The van der Waals surface area contributed by atoms with Gasteiger partial charge in [0.25, 0.3) is 0 Å². The molecule has 1 aromatic heterocycles. The van der Waals surface area contributed by atoms with Crippen molar-refractivity contribution in [2.45, 2.75) is 110 Å². The molecule has 0 aromatic carbocycles. The van der Waals surface area contributed by atoms with Crippen LogP contribution in [0.25, 0.3) is 0 Å². The van der Waals surface area contributed by atoms with Crippen molar-refractivity contribution in [3.8, 4) is 5.75 Å². The van der Waals surface area contributed by atoms with Gasteiger partial charge in [-0.2, -0.15) is 0 Å². The lowest BCUT2D eigenvalue weighted by atomic mass is 9.83. The van der Waals surface area contributed by atoms with Gasteiger partial charge in [0.15, 0.2) is 0 Å². The molecule has 8 nitrogen and oxygen atoms in total. The maximum absolute atomic E-state index is 12.9. The molecule has 1 amide bonds. The topological polar surface area (TPSA) is 112 Å². The van der Waals surface area contributed by atoms with Gasteiger partial charge in [-0.15, -0.1) is 0 Å². The van der Waals surface area contributed by atoms with Gasteiger partial charge in [-0.05, 0) is 76.3 Å². The number of nitrogens with zero attached hydrogens (tertiary/aromatic N) is 1. The molecule has 6 atom stereocenters. The molecule has 1 aliphatic rings. The summed E-state index contributed by atoms with van der Waals surface area (Å²) in [5.74, 6) is 1.20. The first-order chi connectivity index (χ1) is 18.6. The molecule has 8 heteroatoms. The van der Waals surface area contributed by atoms with Gasteiger partial charge in [0.2, 0.25) is 0 Å². The van der Waals surface area contributed by atoms with E-state index < -0.39 is 17.8 Å². The van der Waals surface area contributed by atoms with Crippen molar-refractivity contribution in [3.05, 3.63) is 40.1 Å². The first-order valence-electron chi connectivity index (χ1n) is 14.8. The Bertz CT molecular complexity index is 961. The van der Waals surface area contributed by atoms with Crippen LogP contribution in [0.15, 0.2) is 27.6 Å². The van der Waals surface area contributed by atoms with Crippen molar-refractivity contribution in [2.75, 3.05) is 20.7 Å². The van der Waals surface area contributed by atoms with Gasteiger partial charge in [0.1, 0.15) is 17.1 Å². The van der Waals surface area contributed by atoms with Gasteiger partial charge < -0.3 is 24.3 Å². The van der Waals surface area contributed by atoms with Crippen LogP contribution in [0.2, 0.25) is 0 Å². The molecule has 39 heavy (non-hydrogen) atoms. The second kappa shape index (κ2) is 16.7. The average Bonchev–Trinajstić information content (AvgIpc) is 2.95. The summed E-state index contributed by atoms with van der Waals surface area (Å²) in [7, 11) is 3.47. The van der Waals surface area contributed by atoms with Gasteiger partial charge in [-0.25, -0.2) is 9.59 Å². The highest BCUT2D eigenvalue weighted by atomic mass is 16.5. The van der Waals surface area contributed by atoms with Crippen LogP contribution in [0.3, 0.4) is 0 Å². The lowest BCUT2D eigenvalue weighted by Gasteiger charge is -2.33. The molecule has 2 heterocycles. The number of alkyl carbamates (subject to hydrolysis) is 1. The number of rotatable bonds is 12. The third-order valence-corrected chi connectivity index (χ3v) is 8.34. The number of hydrogen-bond donors (Lipinski definition) is 3. The van der Waals surface area contributed by atoms with Crippen LogP contribution in [0, 0.1) is 17.8 Å². The summed E-state index contributed by atoms with van der Waals surface area (Å²) in [4.78, 5) is 26.4. The zero-order valence-electron chi connectivity index (χ0n) is 24.9. The molecule has 1 saturated heterocycles. The first-order valence-corrected chi connectivity index (χ1v) is 14.8. The highest BCUT2D eigenvalue weighted by molar-refractivity contribution is 5.68. The molecule has 1 aromatic rings. The summed E-state index contributed by atoms with van der Waals surface area (Å²) in [6.45, 7) is 9.49. The van der Waals surface area contributed by atoms with Gasteiger partial charge in [0.05, 0.1) is 13.2 Å². The summed E-state index contributed by atoms with van der Waals surface area (Å²) in [6.07, 6.45) is 12.3. The minimum atomic E-state index is -1.11. The van der Waals surface area contributed by atoms with Crippen molar-refractivity contribution in [1.29, 1.82) is 0 Å². The van der Waals surface area contributed by atoms with Gasteiger partial charge in [0, 0.05) is 24.2 Å². The molecule has 5 unspecified atom stereocenters. The smallest absolute Gasteiger partial charge is 0.410 e. The normalized spacial score (nSPS) is 23.4. The fraction of sp³-hybridized carbons (Fsp3) is 0.742. The number of allylic oxidation sites excluding steroid dienone is 1. The third-order valence-electron chi connectivity index (χ3n) is 8.34. The van der Waals surface area contributed by atoms with E-state index in [9.17, 15) is 19.8 Å². The molecule has 1 aliphatic heterocycles. The van der Waals surface area contributed by atoms with Crippen molar-refractivity contribution >= 4 is 6.09 Å². The number of carbonyl (C=O) groups excluding carboxylic acids is 1. The van der Waals surface area contributed by atoms with E-state index in [4.69, 9.17) is 4.42 Å². The Morgan fingerprint density at radius 3 is 2.74 bits per heavy atom. The van der Waals surface area contributed by atoms with Crippen LogP contribution >= 0.6 is 0 Å². The monoisotopic (exact) mass is 548 g/mol. The molecule has 3 N–H and O–H groups in total. The Kier molecular flexibility index (Phi) is 14.1. The second-order valence-electron chi connectivity index (χ2n) is 11.8. The predicted molar refractivity (Wildman–Crippen MR) is 155 cm³/mol. The highest BCUT2D eigenvalue weighted by Crippen LogP contribution is 2.35. The summed E-state index contributed by atoms with van der Waals surface area (Å²) >= 11 is 0. The molecule has 0 bridgehead atoms. The molecule has 0 aliphatic carbocycles. The number of methoxy groups -OCH3 is 1. The molecule has 1 fully saturated rings. The maximum atomic E-state index is 12.9.